The normalized spacial score (nSPS) is 13.6. The lowest BCUT2D eigenvalue weighted by atomic mass is 10.1. The number of aromatic nitrogens is 1. The molecule has 0 aromatic carbocycles. The minimum atomic E-state index is -3.68. The second-order valence-electron chi connectivity index (χ2n) is 3.91. The largest absolute Gasteiger partial charge is 0.396 e. The van der Waals surface area contributed by atoms with Crippen molar-refractivity contribution >= 4 is 37.6 Å². The summed E-state index contributed by atoms with van der Waals surface area (Å²) in [6.07, 6.45) is 1.96. The smallest absolute Gasteiger partial charge is 0.243 e. The van der Waals surface area contributed by atoms with Crippen LogP contribution in [0.4, 0.5) is 0 Å². The number of hydrogen-bond donors (Lipinski definition) is 2. The summed E-state index contributed by atoms with van der Waals surface area (Å²) in [5.41, 5.74) is 0. The van der Waals surface area contributed by atoms with Crippen LogP contribution < -0.4 is 4.72 Å². The van der Waals surface area contributed by atoms with E-state index in [1.165, 1.54) is 12.3 Å². The molecule has 1 aromatic heterocycles. The summed E-state index contributed by atoms with van der Waals surface area (Å²) in [4.78, 5) is 3.71. The van der Waals surface area contributed by atoms with Crippen molar-refractivity contribution in [2.75, 3.05) is 13.2 Å². The average molecular weight is 358 g/mol. The summed E-state index contributed by atoms with van der Waals surface area (Å²) in [5.74, 6) is 0.0451. The van der Waals surface area contributed by atoms with E-state index in [0.717, 1.165) is 0 Å². The molecule has 1 rings (SSSR count). The van der Waals surface area contributed by atoms with Crippen LogP contribution in [0.25, 0.3) is 0 Å². The molecule has 102 valence electrons. The van der Waals surface area contributed by atoms with Crippen LogP contribution in [0.2, 0.25) is 5.15 Å². The number of rotatable bonds is 6. The zero-order valence-electron chi connectivity index (χ0n) is 9.73. The number of hydrogen-bond acceptors (Lipinski definition) is 4. The van der Waals surface area contributed by atoms with Crippen molar-refractivity contribution in [3.05, 3.63) is 21.9 Å². The third-order valence-electron chi connectivity index (χ3n) is 2.31. The number of nitrogens with one attached hydrogen (secondary N) is 1. The van der Waals surface area contributed by atoms with E-state index < -0.39 is 10.0 Å². The Labute approximate surface area is 120 Å². The van der Waals surface area contributed by atoms with Crippen molar-refractivity contribution in [1.82, 2.24) is 9.71 Å². The molecule has 0 saturated heterocycles. The molecular weight excluding hydrogens is 344 g/mol. The quantitative estimate of drug-likeness (QED) is 0.761. The first-order chi connectivity index (χ1) is 8.36. The zero-order chi connectivity index (χ0) is 13.8. The van der Waals surface area contributed by atoms with Crippen molar-refractivity contribution in [2.45, 2.75) is 18.2 Å². The Morgan fingerprint density at radius 1 is 1.61 bits per heavy atom. The summed E-state index contributed by atoms with van der Waals surface area (Å²) >= 11 is 8.91. The standard InChI is InChI=1S/C10H14BrClN2O3S/c1-7(2-3-15)5-14-18(16,17)9-4-8(11)6-13-10(9)12/h4,6-7,14-15H,2-3,5H2,1H3. The van der Waals surface area contributed by atoms with Gasteiger partial charge in [-0.05, 0) is 34.3 Å². The van der Waals surface area contributed by atoms with E-state index >= 15 is 0 Å². The SMILES string of the molecule is CC(CCO)CNS(=O)(=O)c1cc(Br)cnc1Cl. The minimum absolute atomic E-state index is 0.0299. The van der Waals surface area contributed by atoms with Crippen molar-refractivity contribution < 1.29 is 13.5 Å². The monoisotopic (exact) mass is 356 g/mol. The van der Waals surface area contributed by atoms with Crippen molar-refractivity contribution in [3.8, 4) is 0 Å². The third kappa shape index (κ3) is 4.47. The van der Waals surface area contributed by atoms with Gasteiger partial charge in [-0.3, -0.25) is 0 Å². The Morgan fingerprint density at radius 2 is 2.28 bits per heavy atom. The van der Waals surface area contributed by atoms with Crippen molar-refractivity contribution in [3.63, 3.8) is 0 Å². The Kier molecular flexibility index (Phi) is 6.00. The highest BCUT2D eigenvalue weighted by atomic mass is 79.9. The molecule has 1 atom stereocenters. The van der Waals surface area contributed by atoms with Crippen LogP contribution in [-0.4, -0.2) is 31.7 Å². The molecule has 0 radical (unpaired) electrons. The molecule has 8 heteroatoms. The Hall–Kier alpha value is -0.210. The number of halogens is 2. The highest BCUT2D eigenvalue weighted by molar-refractivity contribution is 9.10. The van der Waals surface area contributed by atoms with Crippen LogP contribution in [-0.2, 0) is 10.0 Å². The molecule has 18 heavy (non-hydrogen) atoms. The van der Waals surface area contributed by atoms with Crippen LogP contribution in [0.5, 0.6) is 0 Å². The lowest BCUT2D eigenvalue weighted by Crippen LogP contribution is -2.29. The summed E-state index contributed by atoms with van der Waals surface area (Å²) in [5, 5.41) is 8.68. The molecule has 0 aliphatic rings. The van der Waals surface area contributed by atoms with Gasteiger partial charge in [-0.2, -0.15) is 0 Å². The fourth-order valence-electron chi connectivity index (χ4n) is 1.24. The molecule has 0 spiro atoms. The van der Waals surface area contributed by atoms with Gasteiger partial charge in [0.1, 0.15) is 10.0 Å². The maximum atomic E-state index is 12.0. The molecule has 1 heterocycles. The number of aliphatic hydroxyl groups is 1. The van der Waals surface area contributed by atoms with Crippen LogP contribution in [0.3, 0.4) is 0 Å². The molecule has 0 amide bonds. The zero-order valence-corrected chi connectivity index (χ0v) is 12.9. The topological polar surface area (TPSA) is 79.3 Å². The first-order valence-corrected chi connectivity index (χ1v) is 7.94. The molecule has 0 aliphatic carbocycles. The molecular formula is C10H14BrClN2O3S. The first kappa shape index (κ1) is 15.8. The second-order valence-corrected chi connectivity index (χ2v) is 6.92. The predicted molar refractivity (Wildman–Crippen MR) is 73.0 cm³/mol. The predicted octanol–water partition coefficient (Wildman–Crippen LogP) is 1.79. The fourth-order valence-corrected chi connectivity index (χ4v) is 3.35. The number of pyridine rings is 1. The fraction of sp³-hybridized carbons (Fsp3) is 0.500. The van der Waals surface area contributed by atoms with E-state index in [1.807, 2.05) is 6.92 Å². The molecule has 0 aliphatic heterocycles. The summed E-state index contributed by atoms with van der Waals surface area (Å²) < 4.78 is 27.0. The second kappa shape index (κ2) is 6.81. The van der Waals surface area contributed by atoms with Crippen molar-refractivity contribution in [1.29, 1.82) is 0 Å². The lowest BCUT2D eigenvalue weighted by Gasteiger charge is -2.12. The van der Waals surface area contributed by atoms with E-state index in [1.54, 1.807) is 0 Å². The maximum absolute atomic E-state index is 12.0. The van der Waals surface area contributed by atoms with E-state index in [9.17, 15) is 8.42 Å². The van der Waals surface area contributed by atoms with E-state index in [-0.39, 0.29) is 29.1 Å². The first-order valence-electron chi connectivity index (χ1n) is 5.28. The van der Waals surface area contributed by atoms with Crippen molar-refractivity contribution in [2.24, 2.45) is 5.92 Å². The summed E-state index contributed by atoms with van der Waals surface area (Å²) in [6, 6.07) is 1.40. The Balaban J connectivity index is 2.83. The van der Waals surface area contributed by atoms with E-state index in [4.69, 9.17) is 16.7 Å². The highest BCUT2D eigenvalue weighted by Gasteiger charge is 2.19. The van der Waals surface area contributed by atoms with Crippen LogP contribution in [0.1, 0.15) is 13.3 Å². The van der Waals surface area contributed by atoms with Gasteiger partial charge in [0.25, 0.3) is 0 Å². The van der Waals surface area contributed by atoms with Gasteiger partial charge in [0.2, 0.25) is 10.0 Å². The molecule has 1 unspecified atom stereocenters. The van der Waals surface area contributed by atoms with E-state index in [0.29, 0.717) is 10.9 Å². The van der Waals surface area contributed by atoms with Gasteiger partial charge in [-0.15, -0.1) is 0 Å². The van der Waals surface area contributed by atoms with Gasteiger partial charge in [-0.1, -0.05) is 18.5 Å². The van der Waals surface area contributed by atoms with Crippen LogP contribution in [0, 0.1) is 5.92 Å². The van der Waals surface area contributed by atoms with Gasteiger partial charge < -0.3 is 5.11 Å². The number of nitrogens with zero attached hydrogens (tertiary/aromatic N) is 1. The molecule has 0 fully saturated rings. The third-order valence-corrected chi connectivity index (χ3v) is 4.59. The summed E-state index contributed by atoms with van der Waals surface area (Å²) in [6.45, 7) is 2.12. The molecule has 0 bridgehead atoms. The Morgan fingerprint density at radius 3 is 2.89 bits per heavy atom. The van der Waals surface area contributed by atoms with Crippen LogP contribution in [0.15, 0.2) is 21.6 Å². The lowest BCUT2D eigenvalue weighted by molar-refractivity contribution is 0.263. The maximum Gasteiger partial charge on any atom is 0.243 e. The van der Waals surface area contributed by atoms with Gasteiger partial charge in [0, 0.05) is 23.8 Å². The highest BCUT2D eigenvalue weighted by Crippen LogP contribution is 2.22. The van der Waals surface area contributed by atoms with Crippen LogP contribution >= 0.6 is 27.5 Å². The number of aliphatic hydroxyl groups excluding tert-OH is 1. The van der Waals surface area contributed by atoms with Gasteiger partial charge in [0.15, 0.2) is 0 Å². The molecule has 0 saturated carbocycles. The van der Waals surface area contributed by atoms with Gasteiger partial charge in [0.05, 0.1) is 0 Å². The Bertz CT molecular complexity index is 510. The van der Waals surface area contributed by atoms with E-state index in [2.05, 4.69) is 25.6 Å². The molecule has 2 N–H and O–H groups in total. The van der Waals surface area contributed by atoms with Gasteiger partial charge in [-0.25, -0.2) is 18.1 Å². The average Bonchev–Trinajstić information content (AvgIpc) is 2.30. The number of sulfonamides is 1. The van der Waals surface area contributed by atoms with Gasteiger partial charge >= 0.3 is 0 Å². The minimum Gasteiger partial charge on any atom is -0.396 e. The summed E-state index contributed by atoms with van der Waals surface area (Å²) in [7, 11) is -3.68. The molecule has 5 nitrogen and oxygen atoms in total. The molecule has 1 aromatic rings.